The molecule has 1 N–H and O–H groups in total. The lowest BCUT2D eigenvalue weighted by Crippen LogP contribution is -2.34. The maximum absolute atomic E-state index is 3.68. The van der Waals surface area contributed by atoms with Gasteiger partial charge in [-0.1, -0.05) is 37.6 Å². The molecule has 1 fully saturated rings. The minimum atomic E-state index is 0.584. The monoisotopic (exact) mass is 203 g/mol. The smallest absolute Gasteiger partial charge is 0.0322 e. The van der Waals surface area contributed by atoms with Crippen LogP contribution in [-0.2, 0) is 6.42 Å². The second-order valence-electron chi connectivity index (χ2n) is 4.65. The number of hydrogen-bond acceptors (Lipinski definition) is 1. The summed E-state index contributed by atoms with van der Waals surface area (Å²) >= 11 is 0. The third-order valence-corrected chi connectivity index (χ3v) is 3.38. The number of benzene rings is 1. The molecule has 1 aromatic rings. The fraction of sp³-hybridized carbons (Fsp3) is 0.571. The summed E-state index contributed by atoms with van der Waals surface area (Å²) in [5, 5.41) is 3.68. The van der Waals surface area contributed by atoms with Gasteiger partial charge in [0.05, 0.1) is 0 Å². The predicted molar refractivity (Wildman–Crippen MR) is 65.0 cm³/mol. The first kappa shape index (κ1) is 10.7. The average molecular weight is 203 g/mol. The van der Waals surface area contributed by atoms with E-state index < -0.39 is 0 Å². The van der Waals surface area contributed by atoms with E-state index in [-0.39, 0.29) is 0 Å². The SMILES string of the molecule is CCc1cccc(C2CCCC(C)N2)c1. The molecule has 0 amide bonds. The lowest BCUT2D eigenvalue weighted by atomic mass is 9.93. The Labute approximate surface area is 92.9 Å². The Kier molecular flexibility index (Phi) is 3.42. The molecule has 82 valence electrons. The fourth-order valence-electron chi connectivity index (χ4n) is 2.43. The first-order valence-corrected chi connectivity index (χ1v) is 6.14. The molecule has 1 heterocycles. The predicted octanol–water partition coefficient (Wildman–Crippen LogP) is 3.45. The van der Waals surface area contributed by atoms with Crippen molar-refractivity contribution < 1.29 is 0 Å². The van der Waals surface area contributed by atoms with Crippen molar-refractivity contribution in [2.45, 2.75) is 51.6 Å². The molecule has 1 aliphatic rings. The van der Waals surface area contributed by atoms with Crippen LogP contribution in [-0.4, -0.2) is 6.04 Å². The van der Waals surface area contributed by atoms with Crippen LogP contribution in [0.15, 0.2) is 24.3 Å². The zero-order valence-electron chi connectivity index (χ0n) is 9.79. The Morgan fingerprint density at radius 3 is 2.93 bits per heavy atom. The Balaban J connectivity index is 2.13. The van der Waals surface area contributed by atoms with E-state index in [1.54, 1.807) is 0 Å². The molecule has 1 aromatic carbocycles. The maximum Gasteiger partial charge on any atom is 0.0322 e. The van der Waals surface area contributed by atoms with E-state index in [4.69, 9.17) is 0 Å². The molecule has 1 heteroatoms. The molecule has 15 heavy (non-hydrogen) atoms. The number of rotatable bonds is 2. The van der Waals surface area contributed by atoms with E-state index in [0.717, 1.165) is 6.42 Å². The van der Waals surface area contributed by atoms with Crippen LogP contribution >= 0.6 is 0 Å². The van der Waals surface area contributed by atoms with Crippen LogP contribution < -0.4 is 5.32 Å². The zero-order valence-corrected chi connectivity index (χ0v) is 9.79. The lowest BCUT2D eigenvalue weighted by Gasteiger charge is -2.29. The van der Waals surface area contributed by atoms with Crippen molar-refractivity contribution in [2.24, 2.45) is 0 Å². The summed E-state index contributed by atoms with van der Waals surface area (Å²) in [5.41, 5.74) is 2.92. The quantitative estimate of drug-likeness (QED) is 0.776. The van der Waals surface area contributed by atoms with Gasteiger partial charge in [-0.2, -0.15) is 0 Å². The largest absolute Gasteiger partial charge is 0.307 e. The van der Waals surface area contributed by atoms with Crippen molar-refractivity contribution in [1.29, 1.82) is 0 Å². The minimum absolute atomic E-state index is 0.584. The van der Waals surface area contributed by atoms with Gasteiger partial charge in [-0.25, -0.2) is 0 Å². The van der Waals surface area contributed by atoms with E-state index in [0.29, 0.717) is 12.1 Å². The summed E-state index contributed by atoms with van der Waals surface area (Å²) in [6.07, 6.45) is 5.10. The van der Waals surface area contributed by atoms with Crippen LogP contribution in [0.5, 0.6) is 0 Å². The molecule has 1 nitrogen and oxygen atoms in total. The average Bonchev–Trinajstić information content (AvgIpc) is 2.29. The second kappa shape index (κ2) is 4.80. The Bertz CT molecular complexity index is 319. The molecule has 0 bridgehead atoms. The van der Waals surface area contributed by atoms with Gasteiger partial charge >= 0.3 is 0 Å². The van der Waals surface area contributed by atoms with Crippen molar-refractivity contribution in [3.63, 3.8) is 0 Å². The number of piperidine rings is 1. The molecule has 0 spiro atoms. The number of hydrogen-bond donors (Lipinski definition) is 1. The molecule has 1 saturated heterocycles. The van der Waals surface area contributed by atoms with E-state index in [2.05, 4.69) is 43.4 Å². The molecule has 0 aromatic heterocycles. The van der Waals surface area contributed by atoms with Crippen molar-refractivity contribution >= 4 is 0 Å². The van der Waals surface area contributed by atoms with Gasteiger partial charge < -0.3 is 5.32 Å². The van der Waals surface area contributed by atoms with E-state index in [1.807, 2.05) is 0 Å². The van der Waals surface area contributed by atoms with Crippen LogP contribution in [0.3, 0.4) is 0 Å². The van der Waals surface area contributed by atoms with Gasteiger partial charge in [-0.15, -0.1) is 0 Å². The fourth-order valence-corrected chi connectivity index (χ4v) is 2.43. The van der Waals surface area contributed by atoms with E-state index in [1.165, 1.54) is 30.4 Å². The minimum Gasteiger partial charge on any atom is -0.307 e. The van der Waals surface area contributed by atoms with Gasteiger partial charge in [0.25, 0.3) is 0 Å². The number of aryl methyl sites for hydroxylation is 1. The Morgan fingerprint density at radius 2 is 2.20 bits per heavy atom. The lowest BCUT2D eigenvalue weighted by molar-refractivity contribution is 0.341. The van der Waals surface area contributed by atoms with Crippen molar-refractivity contribution in [3.05, 3.63) is 35.4 Å². The molecule has 2 atom stereocenters. The van der Waals surface area contributed by atoms with Gasteiger partial charge in [0.1, 0.15) is 0 Å². The first-order chi connectivity index (χ1) is 7.29. The summed E-state index contributed by atoms with van der Waals surface area (Å²) in [5.74, 6) is 0. The van der Waals surface area contributed by atoms with Crippen molar-refractivity contribution in [2.75, 3.05) is 0 Å². The van der Waals surface area contributed by atoms with Gasteiger partial charge in [-0.3, -0.25) is 0 Å². The Morgan fingerprint density at radius 1 is 1.33 bits per heavy atom. The first-order valence-electron chi connectivity index (χ1n) is 6.14. The van der Waals surface area contributed by atoms with Crippen LogP contribution in [0.2, 0.25) is 0 Å². The molecule has 2 unspecified atom stereocenters. The van der Waals surface area contributed by atoms with Crippen LogP contribution in [0.25, 0.3) is 0 Å². The molecule has 0 saturated carbocycles. The highest BCUT2D eigenvalue weighted by molar-refractivity contribution is 5.26. The second-order valence-corrected chi connectivity index (χ2v) is 4.65. The molecule has 0 aliphatic carbocycles. The summed E-state index contributed by atoms with van der Waals surface area (Å²) in [7, 11) is 0. The van der Waals surface area contributed by atoms with Gasteiger partial charge in [0, 0.05) is 12.1 Å². The summed E-state index contributed by atoms with van der Waals surface area (Å²) in [4.78, 5) is 0. The summed E-state index contributed by atoms with van der Waals surface area (Å²) < 4.78 is 0. The third-order valence-electron chi connectivity index (χ3n) is 3.38. The molecular weight excluding hydrogens is 182 g/mol. The highest BCUT2D eigenvalue weighted by atomic mass is 15.0. The van der Waals surface area contributed by atoms with Crippen LogP contribution in [0, 0.1) is 0 Å². The Hall–Kier alpha value is -0.820. The summed E-state index contributed by atoms with van der Waals surface area (Å²) in [6.45, 7) is 4.51. The molecular formula is C14H21N. The van der Waals surface area contributed by atoms with Gasteiger partial charge in [0.15, 0.2) is 0 Å². The highest BCUT2D eigenvalue weighted by Gasteiger charge is 2.18. The highest BCUT2D eigenvalue weighted by Crippen LogP contribution is 2.25. The van der Waals surface area contributed by atoms with E-state index >= 15 is 0 Å². The van der Waals surface area contributed by atoms with Crippen LogP contribution in [0.1, 0.15) is 50.3 Å². The molecule has 2 rings (SSSR count). The molecule has 1 aliphatic heterocycles. The van der Waals surface area contributed by atoms with E-state index in [9.17, 15) is 0 Å². The topological polar surface area (TPSA) is 12.0 Å². The summed E-state index contributed by atoms with van der Waals surface area (Å²) in [6, 6.07) is 10.3. The number of nitrogens with one attached hydrogen (secondary N) is 1. The van der Waals surface area contributed by atoms with Crippen molar-refractivity contribution in [1.82, 2.24) is 5.32 Å². The van der Waals surface area contributed by atoms with Crippen LogP contribution in [0.4, 0.5) is 0 Å². The third kappa shape index (κ3) is 2.60. The van der Waals surface area contributed by atoms with Gasteiger partial charge in [0.2, 0.25) is 0 Å². The van der Waals surface area contributed by atoms with Gasteiger partial charge in [-0.05, 0) is 37.3 Å². The maximum atomic E-state index is 3.68. The van der Waals surface area contributed by atoms with Crippen molar-refractivity contribution in [3.8, 4) is 0 Å². The standard InChI is InChI=1S/C14H21N/c1-3-12-7-5-8-13(10-12)14-9-4-6-11(2)15-14/h5,7-8,10-11,14-15H,3-4,6,9H2,1-2H3. The molecule has 0 radical (unpaired) electrons. The zero-order chi connectivity index (χ0) is 10.7. The normalized spacial score (nSPS) is 26.5.